The van der Waals surface area contributed by atoms with Crippen molar-refractivity contribution in [2.24, 2.45) is 4.99 Å². The molecule has 4 aromatic carbocycles. The quantitative estimate of drug-likeness (QED) is 0.152. The van der Waals surface area contributed by atoms with Crippen LogP contribution < -0.4 is 10.7 Å². The largest absolute Gasteiger partial charge is 0.456 e. The van der Waals surface area contributed by atoms with Crippen LogP contribution in [0.4, 0.5) is 17.1 Å². The van der Waals surface area contributed by atoms with Crippen molar-refractivity contribution in [3.63, 3.8) is 0 Å². The number of benzene rings is 5. The van der Waals surface area contributed by atoms with E-state index in [1.54, 1.807) is 18.2 Å². The molecule has 0 saturated carbocycles. The van der Waals surface area contributed by atoms with Crippen LogP contribution in [0, 0.1) is 41.5 Å². The maximum Gasteiger partial charge on any atom is 0.295 e. The summed E-state index contributed by atoms with van der Waals surface area (Å²) >= 11 is 0. The summed E-state index contributed by atoms with van der Waals surface area (Å²) < 4.78 is 41.7. The molecule has 2 N–H and O–H groups in total. The number of hydrogen-bond acceptors (Lipinski definition) is 5. The third-order valence-electron chi connectivity index (χ3n) is 7.96. The molecule has 6 nitrogen and oxygen atoms in total. The molecule has 0 spiro atoms. The first-order chi connectivity index (χ1) is 20.9. The monoisotopic (exact) mass is 602 g/mol. The lowest BCUT2D eigenvalue weighted by atomic mass is 9.93. The van der Waals surface area contributed by atoms with Crippen molar-refractivity contribution in [3.05, 3.63) is 124 Å². The Hall–Kier alpha value is -4.72. The van der Waals surface area contributed by atoms with Gasteiger partial charge in [0.15, 0.2) is 0 Å². The third kappa shape index (κ3) is 5.52. The van der Waals surface area contributed by atoms with E-state index < -0.39 is 10.1 Å². The van der Waals surface area contributed by atoms with Gasteiger partial charge < -0.3 is 9.73 Å². The summed E-state index contributed by atoms with van der Waals surface area (Å²) in [5, 5.41) is 4.98. The molecular weight excluding hydrogens is 568 g/mol. The van der Waals surface area contributed by atoms with Crippen molar-refractivity contribution in [1.29, 1.82) is 0 Å². The molecule has 7 heteroatoms. The molecule has 44 heavy (non-hydrogen) atoms. The van der Waals surface area contributed by atoms with Crippen LogP contribution in [0.15, 0.2) is 99.2 Å². The van der Waals surface area contributed by atoms with Crippen molar-refractivity contribution < 1.29 is 17.4 Å². The molecule has 0 saturated heterocycles. The molecule has 0 amide bonds. The normalized spacial score (nSPS) is 12.3. The van der Waals surface area contributed by atoms with Gasteiger partial charge in [-0.3, -0.25) is 4.55 Å². The lowest BCUT2D eigenvalue weighted by Gasteiger charge is -2.18. The molecule has 1 heterocycles. The van der Waals surface area contributed by atoms with Crippen LogP contribution in [0.3, 0.4) is 0 Å². The Labute approximate surface area is 257 Å². The fourth-order valence-electron chi connectivity index (χ4n) is 6.21. The first-order valence-electron chi connectivity index (χ1n) is 14.4. The SMILES string of the molecule is Cc1cc(C)c(/N=c2\ccc3c(-c4ccccc4S(=O)(=O)O)c4ccc(Nc5c(C)cc(C)cc5C)cc4oc-3c2)c(C)c1. The highest BCUT2D eigenvalue weighted by atomic mass is 32.2. The van der Waals surface area contributed by atoms with Gasteiger partial charge in [-0.2, -0.15) is 8.42 Å². The van der Waals surface area contributed by atoms with Crippen LogP contribution in [0.1, 0.15) is 33.4 Å². The molecule has 222 valence electrons. The third-order valence-corrected chi connectivity index (χ3v) is 8.87. The van der Waals surface area contributed by atoms with Crippen LogP contribution in [-0.4, -0.2) is 13.0 Å². The van der Waals surface area contributed by atoms with Gasteiger partial charge in [-0.05, 0) is 94.1 Å². The lowest BCUT2D eigenvalue weighted by molar-refractivity contribution is 0.483. The van der Waals surface area contributed by atoms with Gasteiger partial charge >= 0.3 is 0 Å². The van der Waals surface area contributed by atoms with Crippen molar-refractivity contribution >= 4 is 38.1 Å². The molecular formula is C37H34N2O4S. The molecule has 0 bridgehead atoms. The van der Waals surface area contributed by atoms with Crippen LogP contribution in [0.2, 0.25) is 0 Å². The van der Waals surface area contributed by atoms with Crippen LogP contribution in [-0.2, 0) is 10.1 Å². The Morgan fingerprint density at radius 3 is 2.00 bits per heavy atom. The predicted octanol–water partition coefficient (Wildman–Crippen LogP) is 9.28. The zero-order chi connectivity index (χ0) is 31.3. The molecule has 2 aliphatic rings. The zero-order valence-corrected chi connectivity index (χ0v) is 26.4. The molecule has 0 atom stereocenters. The maximum absolute atomic E-state index is 12.5. The highest BCUT2D eigenvalue weighted by Crippen LogP contribution is 2.43. The number of nitrogens with zero attached hydrogens (tertiary/aromatic N) is 1. The Bertz CT molecular complexity index is 2200. The minimum Gasteiger partial charge on any atom is -0.456 e. The minimum atomic E-state index is -4.50. The maximum atomic E-state index is 12.5. The van der Waals surface area contributed by atoms with Gasteiger partial charge in [-0.25, -0.2) is 4.99 Å². The summed E-state index contributed by atoms with van der Waals surface area (Å²) in [5.74, 6) is 0.543. The molecule has 6 rings (SSSR count). The standard InChI is InChI=1S/C37H34N2O4S/c1-21-15-23(3)36(24(4)16-21)38-27-11-13-29-32(19-27)43-33-20-28(39-37-25(5)17-22(2)18-26(37)6)12-14-30(33)35(29)31-9-7-8-10-34(31)44(40,41)42/h7-20,38H,1-6H3,(H,40,41,42)/b39-28+. The summed E-state index contributed by atoms with van der Waals surface area (Å²) in [7, 11) is -4.50. The van der Waals surface area contributed by atoms with Crippen LogP contribution >= 0.6 is 0 Å². The Balaban J connectivity index is 1.62. The average molecular weight is 603 g/mol. The Morgan fingerprint density at radius 1 is 0.705 bits per heavy atom. The fourth-order valence-corrected chi connectivity index (χ4v) is 6.91. The topological polar surface area (TPSA) is 91.9 Å². The van der Waals surface area contributed by atoms with Gasteiger partial charge in [0.1, 0.15) is 16.2 Å². The Morgan fingerprint density at radius 2 is 1.34 bits per heavy atom. The van der Waals surface area contributed by atoms with E-state index in [0.29, 0.717) is 38.8 Å². The first-order valence-corrected chi connectivity index (χ1v) is 15.9. The molecule has 0 fully saturated rings. The zero-order valence-electron chi connectivity index (χ0n) is 25.6. The molecule has 1 aliphatic carbocycles. The van der Waals surface area contributed by atoms with Gasteiger partial charge in [0.25, 0.3) is 10.1 Å². The fraction of sp³-hybridized carbons (Fsp3) is 0.162. The van der Waals surface area contributed by atoms with Gasteiger partial charge in [0.2, 0.25) is 0 Å². The number of nitrogens with one attached hydrogen (secondary N) is 1. The van der Waals surface area contributed by atoms with E-state index in [2.05, 4.69) is 57.3 Å². The van der Waals surface area contributed by atoms with Gasteiger partial charge in [-0.15, -0.1) is 0 Å². The van der Waals surface area contributed by atoms with E-state index in [-0.39, 0.29) is 4.90 Å². The lowest BCUT2D eigenvalue weighted by Crippen LogP contribution is -2.05. The van der Waals surface area contributed by atoms with Crippen molar-refractivity contribution in [2.45, 2.75) is 46.4 Å². The van der Waals surface area contributed by atoms with Gasteiger partial charge in [0.05, 0.1) is 11.0 Å². The van der Waals surface area contributed by atoms with E-state index in [1.807, 2.05) is 50.2 Å². The second-order valence-electron chi connectivity index (χ2n) is 11.6. The van der Waals surface area contributed by atoms with E-state index >= 15 is 0 Å². The highest BCUT2D eigenvalue weighted by molar-refractivity contribution is 7.86. The van der Waals surface area contributed by atoms with Crippen molar-refractivity contribution in [3.8, 4) is 22.5 Å². The molecule has 1 aliphatic heterocycles. The number of hydrogen-bond donors (Lipinski definition) is 2. The van der Waals surface area contributed by atoms with Crippen LogP contribution in [0.25, 0.3) is 33.4 Å². The molecule has 0 unspecified atom stereocenters. The summed E-state index contributed by atoms with van der Waals surface area (Å²) in [5.41, 5.74) is 11.9. The van der Waals surface area contributed by atoms with Crippen molar-refractivity contribution in [1.82, 2.24) is 0 Å². The number of fused-ring (bicyclic) bond motifs is 2. The number of aryl methyl sites for hydroxylation is 6. The van der Waals surface area contributed by atoms with E-state index in [9.17, 15) is 13.0 Å². The summed E-state index contributed by atoms with van der Waals surface area (Å²) in [6, 6.07) is 26.5. The molecule has 4 aromatic rings. The van der Waals surface area contributed by atoms with E-state index in [4.69, 9.17) is 9.41 Å². The average Bonchev–Trinajstić information content (AvgIpc) is 2.95. The molecule has 0 radical (unpaired) electrons. The first kappa shape index (κ1) is 29.4. The number of anilines is 2. The van der Waals surface area contributed by atoms with Crippen LogP contribution in [0.5, 0.6) is 0 Å². The van der Waals surface area contributed by atoms with Crippen molar-refractivity contribution in [2.75, 3.05) is 5.32 Å². The second-order valence-corrected chi connectivity index (χ2v) is 13.0. The number of rotatable bonds is 5. The smallest absolute Gasteiger partial charge is 0.295 e. The predicted molar refractivity (Wildman–Crippen MR) is 178 cm³/mol. The summed E-state index contributed by atoms with van der Waals surface area (Å²) in [6.07, 6.45) is 0. The summed E-state index contributed by atoms with van der Waals surface area (Å²) in [4.78, 5) is 4.80. The minimum absolute atomic E-state index is 0.165. The molecule has 0 aromatic heterocycles. The van der Waals surface area contributed by atoms with E-state index in [0.717, 1.165) is 39.3 Å². The second kappa shape index (κ2) is 11.1. The Kier molecular flexibility index (Phi) is 7.40. The summed E-state index contributed by atoms with van der Waals surface area (Å²) in [6.45, 7) is 12.4. The van der Waals surface area contributed by atoms with Gasteiger partial charge in [0, 0.05) is 45.6 Å². The highest BCUT2D eigenvalue weighted by Gasteiger charge is 2.23. The van der Waals surface area contributed by atoms with Gasteiger partial charge in [-0.1, -0.05) is 53.6 Å². The van der Waals surface area contributed by atoms with E-state index in [1.165, 1.54) is 17.2 Å².